The molecule has 1 N–H and O–H groups in total. The van der Waals surface area contributed by atoms with Gasteiger partial charge < -0.3 is 4.74 Å². The van der Waals surface area contributed by atoms with Gasteiger partial charge in [0, 0.05) is 24.8 Å². The van der Waals surface area contributed by atoms with Crippen molar-refractivity contribution in [1.82, 2.24) is 4.72 Å². The van der Waals surface area contributed by atoms with Crippen molar-refractivity contribution in [3.05, 3.63) is 0 Å². The van der Waals surface area contributed by atoms with Crippen LogP contribution in [-0.4, -0.2) is 50.3 Å². The first-order chi connectivity index (χ1) is 15.5. The number of alkyl halides is 1. The Kier molecular flexibility index (Phi) is 18.9. The van der Waals surface area contributed by atoms with E-state index in [9.17, 15) is 8.42 Å². The molecule has 1 saturated heterocycles. The maximum atomic E-state index is 12.1. The highest BCUT2D eigenvalue weighted by atomic mass is 35.5. The number of ether oxygens (including phenoxy) is 1. The molecule has 0 saturated carbocycles. The van der Waals surface area contributed by atoms with Crippen LogP contribution in [0, 0.1) is 0 Å². The Bertz CT molecular complexity index is 525. The van der Waals surface area contributed by atoms with Gasteiger partial charge in [0.15, 0.2) is 0 Å². The Morgan fingerprint density at radius 2 is 1.44 bits per heavy atom. The van der Waals surface area contributed by atoms with Crippen molar-refractivity contribution in [1.29, 1.82) is 0 Å². The number of thioether (sulfide) groups is 1. The zero-order valence-corrected chi connectivity index (χ0v) is 23.1. The summed E-state index contributed by atoms with van der Waals surface area (Å²) in [6, 6.07) is 0. The van der Waals surface area contributed by atoms with E-state index in [1.54, 1.807) is 0 Å². The number of unbranched alkanes of at least 4 members (excludes halogenated alkanes) is 13. The van der Waals surface area contributed by atoms with Crippen molar-refractivity contribution in [2.45, 2.75) is 122 Å². The lowest BCUT2D eigenvalue weighted by molar-refractivity contribution is 0.0292. The van der Waals surface area contributed by atoms with Gasteiger partial charge in [-0.15, -0.1) is 11.6 Å². The third-order valence-corrected chi connectivity index (χ3v) is 9.34. The van der Waals surface area contributed by atoms with Crippen LogP contribution in [0.5, 0.6) is 0 Å². The molecule has 7 heteroatoms. The quantitative estimate of drug-likeness (QED) is 0.115. The van der Waals surface area contributed by atoms with Crippen LogP contribution >= 0.6 is 23.4 Å². The number of hydrogen-bond donors (Lipinski definition) is 1. The minimum absolute atomic E-state index is 0.0960. The van der Waals surface area contributed by atoms with Crippen molar-refractivity contribution in [3.8, 4) is 0 Å². The Hall–Kier alpha value is 0.510. The SMILES string of the molecule is CCCCCCCCCCCCCCCCSCC1(CNS(=O)(=O)CCCCl)CCCO1. The molecule has 0 radical (unpaired) electrons. The van der Waals surface area contributed by atoms with Crippen molar-refractivity contribution < 1.29 is 13.2 Å². The molecule has 4 nitrogen and oxygen atoms in total. The molecule has 1 aliphatic heterocycles. The zero-order valence-electron chi connectivity index (χ0n) is 20.7. The minimum atomic E-state index is -3.25. The second-order valence-electron chi connectivity index (χ2n) is 9.47. The van der Waals surface area contributed by atoms with Gasteiger partial charge in [0.25, 0.3) is 0 Å². The first-order valence-electron chi connectivity index (χ1n) is 13.3. The van der Waals surface area contributed by atoms with Crippen LogP contribution in [0.15, 0.2) is 0 Å². The maximum Gasteiger partial charge on any atom is 0.211 e. The first-order valence-corrected chi connectivity index (χ1v) is 16.6. The Morgan fingerprint density at radius 3 is 1.94 bits per heavy atom. The Balaban J connectivity index is 1.97. The molecule has 192 valence electrons. The number of halogens is 1. The zero-order chi connectivity index (χ0) is 23.4. The van der Waals surface area contributed by atoms with Crippen LogP contribution < -0.4 is 4.72 Å². The normalized spacial score (nSPS) is 19.1. The summed E-state index contributed by atoms with van der Waals surface area (Å²) in [5.74, 6) is 2.49. The molecule has 1 heterocycles. The highest BCUT2D eigenvalue weighted by Gasteiger charge is 2.36. The highest BCUT2D eigenvalue weighted by molar-refractivity contribution is 7.99. The Labute approximate surface area is 208 Å². The lowest BCUT2D eigenvalue weighted by atomic mass is 10.0. The summed E-state index contributed by atoms with van der Waals surface area (Å²) in [6.07, 6.45) is 21.8. The molecule has 32 heavy (non-hydrogen) atoms. The van der Waals surface area contributed by atoms with Crippen LogP contribution in [0.25, 0.3) is 0 Å². The minimum Gasteiger partial charge on any atom is -0.373 e. The number of nitrogens with one attached hydrogen (secondary N) is 1. The monoisotopic (exact) mass is 511 g/mol. The van der Waals surface area contributed by atoms with E-state index in [0.717, 1.165) is 31.0 Å². The van der Waals surface area contributed by atoms with Crippen LogP contribution in [0.1, 0.15) is 116 Å². The van der Waals surface area contributed by atoms with Crippen LogP contribution in [0.3, 0.4) is 0 Å². The molecule has 1 fully saturated rings. The van der Waals surface area contributed by atoms with Gasteiger partial charge in [0.2, 0.25) is 10.0 Å². The van der Waals surface area contributed by atoms with Gasteiger partial charge in [-0.1, -0.05) is 90.4 Å². The molecule has 1 aliphatic rings. The third-order valence-electron chi connectivity index (χ3n) is 6.35. The summed E-state index contributed by atoms with van der Waals surface area (Å²) in [6.45, 7) is 3.41. The van der Waals surface area contributed by atoms with Crippen molar-refractivity contribution in [2.24, 2.45) is 0 Å². The van der Waals surface area contributed by atoms with E-state index >= 15 is 0 Å². The number of hydrogen-bond acceptors (Lipinski definition) is 4. The summed E-state index contributed by atoms with van der Waals surface area (Å²) < 4.78 is 32.9. The van der Waals surface area contributed by atoms with Gasteiger partial charge in [0.05, 0.1) is 11.4 Å². The topological polar surface area (TPSA) is 55.4 Å². The van der Waals surface area contributed by atoms with E-state index in [4.69, 9.17) is 16.3 Å². The van der Waals surface area contributed by atoms with Gasteiger partial charge in [-0.25, -0.2) is 13.1 Å². The third kappa shape index (κ3) is 16.2. The molecule has 0 aromatic rings. The highest BCUT2D eigenvalue weighted by Crippen LogP contribution is 2.29. The smallest absolute Gasteiger partial charge is 0.211 e. The molecule has 0 bridgehead atoms. The van der Waals surface area contributed by atoms with Crippen LogP contribution in [-0.2, 0) is 14.8 Å². The van der Waals surface area contributed by atoms with E-state index in [1.807, 2.05) is 11.8 Å². The summed E-state index contributed by atoms with van der Waals surface area (Å²) in [5, 5.41) is 0. The predicted molar refractivity (Wildman–Crippen MR) is 143 cm³/mol. The fourth-order valence-corrected chi connectivity index (χ4v) is 6.97. The second kappa shape index (κ2) is 19.8. The second-order valence-corrected chi connectivity index (χ2v) is 12.9. The predicted octanol–water partition coefficient (Wildman–Crippen LogP) is 7.30. The van der Waals surface area contributed by atoms with Gasteiger partial charge in [-0.05, 0) is 31.4 Å². The molecule has 0 amide bonds. The molecule has 1 atom stereocenters. The lowest BCUT2D eigenvalue weighted by Gasteiger charge is -2.28. The number of rotatable bonds is 23. The van der Waals surface area contributed by atoms with Crippen LogP contribution in [0.4, 0.5) is 0 Å². The molecule has 1 rings (SSSR count). The average Bonchev–Trinajstić information content (AvgIpc) is 3.25. The molecular weight excluding hydrogens is 462 g/mol. The summed E-state index contributed by atoms with van der Waals surface area (Å²) >= 11 is 7.54. The average molecular weight is 512 g/mol. The van der Waals surface area contributed by atoms with E-state index in [-0.39, 0.29) is 11.4 Å². The van der Waals surface area contributed by atoms with Crippen molar-refractivity contribution in [2.75, 3.05) is 36.3 Å². The van der Waals surface area contributed by atoms with E-state index < -0.39 is 10.0 Å². The number of sulfonamides is 1. The fourth-order valence-electron chi connectivity index (χ4n) is 4.27. The Morgan fingerprint density at radius 1 is 0.875 bits per heavy atom. The van der Waals surface area contributed by atoms with Gasteiger partial charge in [-0.3, -0.25) is 0 Å². The standard InChI is InChI=1S/C25H50ClNO3S2/c1-2-3-4-5-6-7-8-9-10-11-12-13-14-15-21-31-24-25(18-16-20-30-25)23-27-32(28,29)22-17-19-26/h27H,2-24H2,1H3. The van der Waals surface area contributed by atoms with Gasteiger partial charge >= 0.3 is 0 Å². The molecule has 1 unspecified atom stereocenters. The molecule has 0 aromatic carbocycles. The van der Waals surface area contributed by atoms with E-state index in [0.29, 0.717) is 18.8 Å². The van der Waals surface area contributed by atoms with E-state index in [2.05, 4.69) is 11.6 Å². The largest absolute Gasteiger partial charge is 0.373 e. The first kappa shape index (κ1) is 30.5. The molecular formula is C25H50ClNO3S2. The summed E-state index contributed by atoms with van der Waals surface area (Å²) in [4.78, 5) is 0. The summed E-state index contributed by atoms with van der Waals surface area (Å²) in [5.41, 5.74) is -0.325. The molecule has 0 aromatic heterocycles. The summed E-state index contributed by atoms with van der Waals surface area (Å²) in [7, 11) is -3.25. The fraction of sp³-hybridized carbons (Fsp3) is 1.00. The van der Waals surface area contributed by atoms with E-state index in [1.165, 1.54) is 89.9 Å². The van der Waals surface area contributed by atoms with Crippen molar-refractivity contribution >= 4 is 33.4 Å². The van der Waals surface area contributed by atoms with Gasteiger partial charge in [-0.2, -0.15) is 11.8 Å². The maximum absolute atomic E-state index is 12.1. The molecule has 0 aliphatic carbocycles. The van der Waals surface area contributed by atoms with Crippen LogP contribution in [0.2, 0.25) is 0 Å². The molecule has 0 spiro atoms. The van der Waals surface area contributed by atoms with Crippen molar-refractivity contribution in [3.63, 3.8) is 0 Å². The lowest BCUT2D eigenvalue weighted by Crippen LogP contribution is -2.45. The van der Waals surface area contributed by atoms with Gasteiger partial charge in [0.1, 0.15) is 0 Å².